The summed E-state index contributed by atoms with van der Waals surface area (Å²) in [5.74, 6) is 2.32. The highest BCUT2D eigenvalue weighted by Crippen LogP contribution is 2.18. The summed E-state index contributed by atoms with van der Waals surface area (Å²) in [6.45, 7) is 2.24. The van der Waals surface area contributed by atoms with Crippen LogP contribution in [-0.4, -0.2) is 36.3 Å². The van der Waals surface area contributed by atoms with Crippen molar-refractivity contribution in [2.24, 2.45) is 0 Å². The summed E-state index contributed by atoms with van der Waals surface area (Å²) in [4.78, 5) is 22.2. The molecule has 8 heteroatoms. The number of non-ortho nitro benzene ring substituents is 1. The molecule has 0 bridgehead atoms. The van der Waals surface area contributed by atoms with Gasteiger partial charge in [-0.3, -0.25) is 14.9 Å². The van der Waals surface area contributed by atoms with Gasteiger partial charge in [-0.25, -0.2) is 0 Å². The zero-order valence-electron chi connectivity index (χ0n) is 15.2. The van der Waals surface area contributed by atoms with Gasteiger partial charge in [0.1, 0.15) is 18.1 Å². The van der Waals surface area contributed by atoms with Gasteiger partial charge >= 0.3 is 0 Å². The van der Waals surface area contributed by atoms with Crippen LogP contribution in [0.3, 0.4) is 0 Å². The second kappa shape index (κ2) is 10.4. The number of hydrogen-bond donors (Lipinski definition) is 1. The normalized spacial score (nSPS) is 11.5. The predicted molar refractivity (Wildman–Crippen MR) is 105 cm³/mol. The number of ether oxygens (including phenoxy) is 2. The first kappa shape index (κ1) is 20.6. The van der Waals surface area contributed by atoms with E-state index in [1.807, 2.05) is 31.2 Å². The van der Waals surface area contributed by atoms with Crippen molar-refractivity contribution in [2.45, 2.75) is 18.7 Å². The van der Waals surface area contributed by atoms with E-state index in [1.54, 1.807) is 19.2 Å². The van der Waals surface area contributed by atoms with Crippen LogP contribution in [0.15, 0.2) is 48.5 Å². The first-order valence-electron chi connectivity index (χ1n) is 8.35. The molecule has 2 aromatic rings. The molecule has 2 aromatic carbocycles. The Morgan fingerprint density at radius 2 is 1.78 bits per heavy atom. The SMILES string of the molecule is COc1ccc(OC[C@H](C)NC(=O)CSCc2ccc([N+](=O)[O-])cc2)cc1. The summed E-state index contributed by atoms with van der Waals surface area (Å²) in [6.07, 6.45) is 0. The minimum absolute atomic E-state index is 0.0622. The Morgan fingerprint density at radius 3 is 2.37 bits per heavy atom. The molecule has 27 heavy (non-hydrogen) atoms. The maximum Gasteiger partial charge on any atom is 0.269 e. The first-order chi connectivity index (χ1) is 13.0. The number of nitro benzene ring substituents is 1. The monoisotopic (exact) mass is 390 g/mol. The lowest BCUT2D eigenvalue weighted by molar-refractivity contribution is -0.384. The highest BCUT2D eigenvalue weighted by atomic mass is 32.2. The molecule has 0 saturated heterocycles. The molecule has 0 unspecified atom stereocenters. The Bertz CT molecular complexity index is 750. The van der Waals surface area contributed by atoms with Crippen molar-refractivity contribution in [1.82, 2.24) is 5.32 Å². The molecule has 2 rings (SSSR count). The summed E-state index contributed by atoms with van der Waals surface area (Å²) in [5.41, 5.74) is 1.00. The molecule has 0 aliphatic carbocycles. The number of nitro groups is 1. The zero-order valence-corrected chi connectivity index (χ0v) is 16.0. The summed E-state index contributed by atoms with van der Waals surface area (Å²) in [5, 5.41) is 13.5. The Labute approximate surface area is 162 Å². The van der Waals surface area contributed by atoms with E-state index in [4.69, 9.17) is 9.47 Å². The maximum atomic E-state index is 12.0. The van der Waals surface area contributed by atoms with Crippen LogP contribution in [0.5, 0.6) is 11.5 Å². The van der Waals surface area contributed by atoms with E-state index < -0.39 is 4.92 Å². The van der Waals surface area contributed by atoms with Gasteiger partial charge in [0, 0.05) is 17.9 Å². The van der Waals surface area contributed by atoms with E-state index in [0.717, 1.165) is 11.3 Å². The van der Waals surface area contributed by atoms with E-state index >= 15 is 0 Å². The molecular weight excluding hydrogens is 368 g/mol. The topological polar surface area (TPSA) is 90.7 Å². The Balaban J connectivity index is 1.66. The molecule has 0 fully saturated rings. The van der Waals surface area contributed by atoms with Gasteiger partial charge in [-0.1, -0.05) is 12.1 Å². The lowest BCUT2D eigenvalue weighted by Crippen LogP contribution is -2.37. The maximum absolute atomic E-state index is 12.0. The van der Waals surface area contributed by atoms with Gasteiger partial charge < -0.3 is 14.8 Å². The van der Waals surface area contributed by atoms with Crippen molar-refractivity contribution in [3.63, 3.8) is 0 Å². The average Bonchev–Trinajstić information content (AvgIpc) is 2.67. The fourth-order valence-corrected chi connectivity index (χ4v) is 3.03. The standard InChI is InChI=1S/C19H22N2O5S/c1-14(11-26-18-9-7-17(25-2)8-10-18)20-19(22)13-27-12-15-3-5-16(6-4-15)21(23)24/h3-10,14H,11-13H2,1-2H3,(H,20,22)/t14-/m0/s1. The van der Waals surface area contributed by atoms with E-state index in [2.05, 4.69) is 5.32 Å². The van der Waals surface area contributed by atoms with Crippen molar-refractivity contribution < 1.29 is 19.2 Å². The molecule has 0 aliphatic rings. The van der Waals surface area contributed by atoms with Crippen molar-refractivity contribution in [3.05, 3.63) is 64.2 Å². The lowest BCUT2D eigenvalue weighted by atomic mass is 10.2. The Morgan fingerprint density at radius 1 is 1.15 bits per heavy atom. The highest BCUT2D eigenvalue weighted by Gasteiger charge is 2.09. The summed E-state index contributed by atoms with van der Waals surface area (Å²) in [7, 11) is 1.60. The van der Waals surface area contributed by atoms with Crippen LogP contribution in [0.2, 0.25) is 0 Å². The fourth-order valence-electron chi connectivity index (χ4n) is 2.23. The summed E-state index contributed by atoms with van der Waals surface area (Å²) in [6, 6.07) is 13.5. The van der Waals surface area contributed by atoms with Crippen LogP contribution in [0.1, 0.15) is 12.5 Å². The number of carbonyl (C=O) groups excluding carboxylic acids is 1. The zero-order chi connectivity index (χ0) is 19.6. The van der Waals surface area contributed by atoms with Crippen LogP contribution < -0.4 is 14.8 Å². The minimum Gasteiger partial charge on any atom is -0.497 e. The van der Waals surface area contributed by atoms with Crippen molar-refractivity contribution in [3.8, 4) is 11.5 Å². The number of hydrogen-bond acceptors (Lipinski definition) is 6. The number of carbonyl (C=O) groups is 1. The molecule has 7 nitrogen and oxygen atoms in total. The molecule has 1 N–H and O–H groups in total. The number of methoxy groups -OCH3 is 1. The van der Waals surface area contributed by atoms with Crippen LogP contribution in [0, 0.1) is 10.1 Å². The smallest absolute Gasteiger partial charge is 0.269 e. The van der Waals surface area contributed by atoms with Crippen LogP contribution >= 0.6 is 11.8 Å². The Hall–Kier alpha value is -2.74. The first-order valence-corrected chi connectivity index (χ1v) is 9.50. The van der Waals surface area contributed by atoms with Crippen molar-refractivity contribution >= 4 is 23.4 Å². The molecule has 0 spiro atoms. The number of thioether (sulfide) groups is 1. The number of benzene rings is 2. The molecule has 0 aliphatic heterocycles. The molecule has 0 saturated carbocycles. The third-order valence-electron chi connectivity index (χ3n) is 3.62. The van der Waals surface area contributed by atoms with Gasteiger partial charge in [-0.15, -0.1) is 11.8 Å². The molecule has 144 valence electrons. The van der Waals surface area contributed by atoms with Gasteiger partial charge in [0.25, 0.3) is 5.69 Å². The Kier molecular flexibility index (Phi) is 7.94. The van der Waals surface area contributed by atoms with E-state index in [1.165, 1.54) is 23.9 Å². The highest BCUT2D eigenvalue weighted by molar-refractivity contribution is 7.99. The summed E-state index contributed by atoms with van der Waals surface area (Å²) < 4.78 is 10.7. The minimum atomic E-state index is -0.431. The summed E-state index contributed by atoms with van der Waals surface area (Å²) >= 11 is 1.45. The van der Waals surface area contributed by atoms with Crippen LogP contribution in [-0.2, 0) is 10.5 Å². The fraction of sp³-hybridized carbons (Fsp3) is 0.316. The number of nitrogens with one attached hydrogen (secondary N) is 1. The average molecular weight is 390 g/mol. The van der Waals surface area contributed by atoms with Crippen LogP contribution in [0.4, 0.5) is 5.69 Å². The second-order valence-electron chi connectivity index (χ2n) is 5.87. The molecule has 1 atom stereocenters. The van der Waals surface area contributed by atoms with Gasteiger partial charge in [0.05, 0.1) is 23.8 Å². The predicted octanol–water partition coefficient (Wildman–Crippen LogP) is 3.42. The van der Waals surface area contributed by atoms with Crippen LogP contribution in [0.25, 0.3) is 0 Å². The van der Waals surface area contributed by atoms with Crippen molar-refractivity contribution in [2.75, 3.05) is 19.5 Å². The van der Waals surface area contributed by atoms with Crippen molar-refractivity contribution in [1.29, 1.82) is 0 Å². The molecule has 0 heterocycles. The van der Waals surface area contributed by atoms with E-state index in [0.29, 0.717) is 23.9 Å². The third-order valence-corrected chi connectivity index (χ3v) is 4.62. The molecule has 1 amide bonds. The lowest BCUT2D eigenvalue weighted by Gasteiger charge is -2.15. The number of rotatable bonds is 10. The van der Waals surface area contributed by atoms with Gasteiger partial charge in [0.15, 0.2) is 0 Å². The molecular formula is C19H22N2O5S. The van der Waals surface area contributed by atoms with Gasteiger partial charge in [0.2, 0.25) is 5.91 Å². The number of amides is 1. The second-order valence-corrected chi connectivity index (χ2v) is 6.86. The number of nitrogens with zero attached hydrogens (tertiary/aromatic N) is 1. The van der Waals surface area contributed by atoms with Gasteiger partial charge in [-0.05, 0) is 36.8 Å². The molecule has 0 aromatic heterocycles. The van der Waals surface area contributed by atoms with E-state index in [-0.39, 0.29) is 17.6 Å². The largest absolute Gasteiger partial charge is 0.497 e. The quantitative estimate of drug-likeness (QED) is 0.494. The molecule has 0 radical (unpaired) electrons. The van der Waals surface area contributed by atoms with E-state index in [9.17, 15) is 14.9 Å². The third kappa shape index (κ3) is 7.18. The van der Waals surface area contributed by atoms with Gasteiger partial charge in [-0.2, -0.15) is 0 Å².